The Kier molecular flexibility index (Phi) is 3.51. The molecule has 0 saturated heterocycles. The largest absolute Gasteiger partial charge is 0.307 e. The van der Waals surface area contributed by atoms with E-state index in [1.165, 1.54) is 5.56 Å². The molecule has 2 heterocycles. The van der Waals surface area contributed by atoms with E-state index in [0.29, 0.717) is 5.92 Å². The zero-order valence-corrected chi connectivity index (χ0v) is 10.7. The SMILES string of the molecule is CC(C)Cc1ccc(C2=CSN(C)N2)nc1. The summed E-state index contributed by atoms with van der Waals surface area (Å²) in [6.07, 6.45) is 3.06. The fourth-order valence-corrected chi connectivity index (χ4v) is 2.24. The van der Waals surface area contributed by atoms with Gasteiger partial charge in [0.15, 0.2) is 0 Å². The van der Waals surface area contributed by atoms with E-state index < -0.39 is 0 Å². The van der Waals surface area contributed by atoms with Crippen molar-refractivity contribution in [3.8, 4) is 0 Å². The molecule has 1 aromatic rings. The number of hydrazine groups is 1. The molecule has 0 spiro atoms. The highest BCUT2D eigenvalue weighted by Crippen LogP contribution is 2.23. The van der Waals surface area contributed by atoms with E-state index >= 15 is 0 Å². The Labute approximate surface area is 101 Å². The Hall–Kier alpha value is -1.00. The van der Waals surface area contributed by atoms with Crippen LogP contribution in [0.25, 0.3) is 5.70 Å². The Morgan fingerprint density at radius 2 is 2.25 bits per heavy atom. The zero-order valence-electron chi connectivity index (χ0n) is 9.90. The van der Waals surface area contributed by atoms with E-state index in [0.717, 1.165) is 17.8 Å². The van der Waals surface area contributed by atoms with Crippen molar-refractivity contribution in [1.29, 1.82) is 0 Å². The highest BCUT2D eigenvalue weighted by atomic mass is 32.2. The lowest BCUT2D eigenvalue weighted by Crippen LogP contribution is -2.21. The van der Waals surface area contributed by atoms with Crippen molar-refractivity contribution in [2.45, 2.75) is 20.3 Å². The highest BCUT2D eigenvalue weighted by molar-refractivity contribution is 8.00. The van der Waals surface area contributed by atoms with Crippen LogP contribution in [0.1, 0.15) is 25.1 Å². The summed E-state index contributed by atoms with van der Waals surface area (Å²) in [5.41, 5.74) is 6.61. The summed E-state index contributed by atoms with van der Waals surface area (Å²) < 4.78 is 1.96. The number of aromatic nitrogens is 1. The van der Waals surface area contributed by atoms with Crippen LogP contribution in [-0.2, 0) is 6.42 Å². The average Bonchev–Trinajstić information content (AvgIpc) is 2.65. The topological polar surface area (TPSA) is 28.2 Å². The third-order valence-electron chi connectivity index (χ3n) is 2.35. The summed E-state index contributed by atoms with van der Waals surface area (Å²) in [5, 5.41) is 2.07. The summed E-state index contributed by atoms with van der Waals surface area (Å²) in [6.45, 7) is 4.45. The maximum absolute atomic E-state index is 4.48. The maximum Gasteiger partial charge on any atom is 0.0880 e. The molecule has 2 rings (SSSR count). The van der Waals surface area contributed by atoms with E-state index in [2.05, 4.69) is 41.8 Å². The van der Waals surface area contributed by atoms with Crippen LogP contribution in [0.4, 0.5) is 0 Å². The summed E-state index contributed by atoms with van der Waals surface area (Å²) in [5.74, 6) is 0.679. The van der Waals surface area contributed by atoms with Gasteiger partial charge in [0.05, 0.1) is 11.4 Å². The van der Waals surface area contributed by atoms with E-state index in [9.17, 15) is 0 Å². The molecule has 0 bridgehead atoms. The second kappa shape index (κ2) is 4.89. The van der Waals surface area contributed by atoms with E-state index in [-0.39, 0.29) is 0 Å². The number of hydrogen-bond acceptors (Lipinski definition) is 4. The molecule has 0 radical (unpaired) electrons. The normalized spacial score (nSPS) is 16.4. The molecule has 1 aliphatic heterocycles. The van der Waals surface area contributed by atoms with Gasteiger partial charge in [0.1, 0.15) is 0 Å². The van der Waals surface area contributed by atoms with Crippen LogP contribution in [0.3, 0.4) is 0 Å². The molecule has 0 aromatic carbocycles. The van der Waals surface area contributed by atoms with E-state index in [1.54, 1.807) is 11.9 Å². The summed E-state index contributed by atoms with van der Waals surface area (Å²) in [6, 6.07) is 4.24. The van der Waals surface area contributed by atoms with Crippen LogP contribution in [0, 0.1) is 5.92 Å². The quantitative estimate of drug-likeness (QED) is 0.815. The highest BCUT2D eigenvalue weighted by Gasteiger charge is 2.12. The number of hydrogen-bond donors (Lipinski definition) is 1. The molecular formula is C12H17N3S. The van der Waals surface area contributed by atoms with E-state index in [1.807, 2.05) is 17.7 Å². The second-order valence-electron chi connectivity index (χ2n) is 4.40. The smallest absolute Gasteiger partial charge is 0.0880 e. The first-order valence-corrected chi connectivity index (χ1v) is 6.31. The van der Waals surface area contributed by atoms with Gasteiger partial charge in [0.25, 0.3) is 0 Å². The fourth-order valence-electron chi connectivity index (χ4n) is 1.65. The molecule has 4 heteroatoms. The van der Waals surface area contributed by atoms with Gasteiger partial charge in [0.2, 0.25) is 0 Å². The van der Waals surface area contributed by atoms with Gasteiger partial charge in [-0.3, -0.25) is 4.98 Å². The zero-order chi connectivity index (χ0) is 11.5. The number of pyridine rings is 1. The summed E-state index contributed by atoms with van der Waals surface area (Å²) in [7, 11) is 1.99. The van der Waals surface area contributed by atoms with Crippen molar-refractivity contribution in [3.63, 3.8) is 0 Å². The van der Waals surface area contributed by atoms with Gasteiger partial charge in [-0.25, -0.2) is 0 Å². The molecule has 0 saturated carbocycles. The van der Waals surface area contributed by atoms with Crippen molar-refractivity contribution >= 4 is 17.6 Å². The first-order valence-electron chi connectivity index (χ1n) is 5.48. The minimum atomic E-state index is 0.679. The van der Waals surface area contributed by atoms with Gasteiger partial charge in [-0.05, 0) is 35.9 Å². The van der Waals surface area contributed by atoms with E-state index in [4.69, 9.17) is 0 Å². The minimum absolute atomic E-state index is 0.679. The fraction of sp³-hybridized carbons (Fsp3) is 0.417. The van der Waals surface area contributed by atoms with Crippen molar-refractivity contribution in [2.75, 3.05) is 7.05 Å². The Morgan fingerprint density at radius 3 is 2.75 bits per heavy atom. The lowest BCUT2D eigenvalue weighted by Gasteiger charge is -2.10. The van der Waals surface area contributed by atoms with Crippen LogP contribution < -0.4 is 5.43 Å². The van der Waals surface area contributed by atoms with Gasteiger partial charge < -0.3 is 5.43 Å². The predicted molar refractivity (Wildman–Crippen MR) is 69.2 cm³/mol. The first kappa shape index (κ1) is 11.5. The molecule has 0 atom stereocenters. The average molecular weight is 235 g/mol. The van der Waals surface area contributed by atoms with Crippen molar-refractivity contribution in [1.82, 2.24) is 14.8 Å². The van der Waals surface area contributed by atoms with Gasteiger partial charge in [-0.15, -0.1) is 0 Å². The monoisotopic (exact) mass is 235 g/mol. The van der Waals surface area contributed by atoms with Crippen LogP contribution in [0.2, 0.25) is 0 Å². The number of nitrogens with zero attached hydrogens (tertiary/aromatic N) is 2. The third kappa shape index (κ3) is 2.77. The lowest BCUT2D eigenvalue weighted by atomic mass is 10.0. The van der Waals surface area contributed by atoms with Crippen molar-refractivity contribution in [3.05, 3.63) is 35.0 Å². The molecule has 1 aliphatic rings. The Bertz CT molecular complexity index is 384. The lowest BCUT2D eigenvalue weighted by molar-refractivity contribution is 0.516. The van der Waals surface area contributed by atoms with Gasteiger partial charge in [-0.1, -0.05) is 19.9 Å². The number of nitrogens with one attached hydrogen (secondary N) is 1. The standard InChI is InChI=1S/C12H17N3S/c1-9(2)6-10-4-5-11(13-7-10)12-8-16-15(3)14-12/h4-5,7-9,14H,6H2,1-3H3. The molecule has 1 N–H and O–H groups in total. The molecule has 1 aromatic heterocycles. The van der Waals surface area contributed by atoms with Gasteiger partial charge in [0, 0.05) is 18.7 Å². The molecular weight excluding hydrogens is 218 g/mol. The molecule has 86 valence electrons. The van der Waals surface area contributed by atoms with Crippen molar-refractivity contribution < 1.29 is 0 Å². The minimum Gasteiger partial charge on any atom is -0.307 e. The molecule has 0 aliphatic carbocycles. The third-order valence-corrected chi connectivity index (χ3v) is 3.10. The second-order valence-corrected chi connectivity index (χ2v) is 5.39. The molecule has 16 heavy (non-hydrogen) atoms. The molecule has 0 amide bonds. The summed E-state index contributed by atoms with van der Waals surface area (Å²) in [4.78, 5) is 4.48. The van der Waals surface area contributed by atoms with Gasteiger partial charge >= 0.3 is 0 Å². The summed E-state index contributed by atoms with van der Waals surface area (Å²) >= 11 is 1.64. The Balaban J connectivity index is 2.08. The van der Waals surface area contributed by atoms with Crippen LogP contribution in [0.5, 0.6) is 0 Å². The molecule has 0 unspecified atom stereocenters. The van der Waals surface area contributed by atoms with Gasteiger partial charge in [-0.2, -0.15) is 4.41 Å². The van der Waals surface area contributed by atoms with Crippen LogP contribution >= 0.6 is 11.9 Å². The van der Waals surface area contributed by atoms with Crippen LogP contribution in [-0.4, -0.2) is 16.4 Å². The Morgan fingerprint density at radius 1 is 1.44 bits per heavy atom. The predicted octanol–water partition coefficient (Wildman–Crippen LogP) is 2.68. The molecule has 0 fully saturated rings. The van der Waals surface area contributed by atoms with Crippen molar-refractivity contribution in [2.24, 2.45) is 5.92 Å². The maximum atomic E-state index is 4.48. The first-order chi connectivity index (χ1) is 7.65. The number of rotatable bonds is 3. The molecule has 3 nitrogen and oxygen atoms in total. The van der Waals surface area contributed by atoms with Crippen LogP contribution in [0.15, 0.2) is 23.7 Å².